The van der Waals surface area contributed by atoms with Gasteiger partial charge in [-0.1, -0.05) is 46.3 Å². The molecule has 1 aliphatic heterocycles. The second-order valence-corrected chi connectivity index (χ2v) is 6.79. The Hall–Kier alpha value is -1.81. The van der Waals surface area contributed by atoms with Gasteiger partial charge in [-0.15, -0.1) is 0 Å². The number of carbonyl (C=O) groups is 1. The standard InChI is InChI=1S/C19H21BrN2O/c20-17-8-6-15(7-9-17)14-19(23)21-11-3-12-22-13-10-16-4-1-2-5-18(16)22/h1-2,4-9H,3,10-14H2,(H,21,23). The van der Waals surface area contributed by atoms with E-state index < -0.39 is 0 Å². The molecule has 0 unspecified atom stereocenters. The van der Waals surface area contributed by atoms with E-state index in [2.05, 4.69) is 50.4 Å². The van der Waals surface area contributed by atoms with Crippen LogP contribution in [0.2, 0.25) is 0 Å². The van der Waals surface area contributed by atoms with Gasteiger partial charge in [0.15, 0.2) is 0 Å². The van der Waals surface area contributed by atoms with E-state index in [-0.39, 0.29) is 5.91 Å². The number of rotatable bonds is 6. The highest BCUT2D eigenvalue weighted by Gasteiger charge is 2.17. The van der Waals surface area contributed by atoms with Crippen LogP contribution in [0.5, 0.6) is 0 Å². The summed E-state index contributed by atoms with van der Waals surface area (Å²) in [6, 6.07) is 16.5. The molecule has 1 heterocycles. The summed E-state index contributed by atoms with van der Waals surface area (Å²) in [4.78, 5) is 14.4. The molecule has 1 N–H and O–H groups in total. The molecule has 3 nitrogen and oxygen atoms in total. The third-order valence-electron chi connectivity index (χ3n) is 4.19. The predicted octanol–water partition coefficient (Wildman–Crippen LogP) is 3.56. The maximum absolute atomic E-state index is 12.0. The molecular weight excluding hydrogens is 352 g/mol. The molecule has 2 aromatic carbocycles. The van der Waals surface area contributed by atoms with Crippen molar-refractivity contribution < 1.29 is 4.79 Å². The fourth-order valence-electron chi connectivity index (χ4n) is 2.99. The van der Waals surface area contributed by atoms with Crippen molar-refractivity contribution in [1.82, 2.24) is 5.32 Å². The van der Waals surface area contributed by atoms with E-state index in [4.69, 9.17) is 0 Å². The predicted molar refractivity (Wildman–Crippen MR) is 97.8 cm³/mol. The minimum absolute atomic E-state index is 0.0918. The maximum atomic E-state index is 12.0. The minimum Gasteiger partial charge on any atom is -0.371 e. The summed E-state index contributed by atoms with van der Waals surface area (Å²) < 4.78 is 1.03. The van der Waals surface area contributed by atoms with Crippen LogP contribution in [0.1, 0.15) is 17.5 Å². The van der Waals surface area contributed by atoms with E-state index in [1.165, 1.54) is 11.3 Å². The summed E-state index contributed by atoms with van der Waals surface area (Å²) in [6.45, 7) is 2.82. The number of hydrogen-bond acceptors (Lipinski definition) is 2. The Labute approximate surface area is 145 Å². The number of anilines is 1. The van der Waals surface area contributed by atoms with Crippen LogP contribution in [-0.4, -0.2) is 25.5 Å². The zero-order chi connectivity index (χ0) is 16.1. The molecule has 0 bridgehead atoms. The van der Waals surface area contributed by atoms with Crippen molar-refractivity contribution in [2.24, 2.45) is 0 Å². The van der Waals surface area contributed by atoms with E-state index in [1.54, 1.807) is 0 Å². The highest BCUT2D eigenvalue weighted by atomic mass is 79.9. The number of nitrogens with one attached hydrogen (secondary N) is 1. The average molecular weight is 373 g/mol. The van der Waals surface area contributed by atoms with Crippen molar-refractivity contribution in [3.05, 3.63) is 64.1 Å². The van der Waals surface area contributed by atoms with Gasteiger partial charge in [0.2, 0.25) is 5.91 Å². The summed E-state index contributed by atoms with van der Waals surface area (Å²) in [6.07, 6.45) is 2.55. The van der Waals surface area contributed by atoms with Crippen LogP contribution in [0.25, 0.3) is 0 Å². The highest BCUT2D eigenvalue weighted by molar-refractivity contribution is 9.10. The number of fused-ring (bicyclic) bond motifs is 1. The number of para-hydroxylation sites is 1. The Morgan fingerprint density at radius 1 is 1.13 bits per heavy atom. The second-order valence-electron chi connectivity index (χ2n) is 5.87. The van der Waals surface area contributed by atoms with E-state index in [0.717, 1.165) is 42.5 Å². The second kappa shape index (κ2) is 7.64. The van der Waals surface area contributed by atoms with Crippen LogP contribution in [0, 0.1) is 0 Å². The van der Waals surface area contributed by atoms with Gasteiger partial charge in [0, 0.05) is 29.8 Å². The largest absolute Gasteiger partial charge is 0.371 e. The molecule has 0 spiro atoms. The molecule has 0 saturated carbocycles. The lowest BCUT2D eigenvalue weighted by atomic mass is 10.1. The molecular formula is C19H21BrN2O. The van der Waals surface area contributed by atoms with Gasteiger partial charge in [-0.2, -0.15) is 0 Å². The fourth-order valence-corrected chi connectivity index (χ4v) is 3.25. The first-order chi connectivity index (χ1) is 11.2. The molecule has 3 rings (SSSR count). The fraction of sp³-hybridized carbons (Fsp3) is 0.316. The molecule has 1 amide bonds. The van der Waals surface area contributed by atoms with Crippen LogP contribution < -0.4 is 10.2 Å². The number of nitrogens with zero attached hydrogens (tertiary/aromatic N) is 1. The van der Waals surface area contributed by atoms with Crippen molar-refractivity contribution >= 4 is 27.5 Å². The number of benzene rings is 2. The normalized spacial score (nSPS) is 13.0. The number of hydrogen-bond donors (Lipinski definition) is 1. The first-order valence-electron chi connectivity index (χ1n) is 8.06. The summed E-state index contributed by atoms with van der Waals surface area (Å²) in [5.41, 5.74) is 3.83. The average Bonchev–Trinajstić information content (AvgIpc) is 2.97. The summed E-state index contributed by atoms with van der Waals surface area (Å²) >= 11 is 3.40. The van der Waals surface area contributed by atoms with Crippen LogP contribution in [-0.2, 0) is 17.6 Å². The van der Waals surface area contributed by atoms with Gasteiger partial charge in [0.1, 0.15) is 0 Å². The maximum Gasteiger partial charge on any atom is 0.224 e. The Bertz CT molecular complexity index is 669. The molecule has 0 aromatic heterocycles. The molecule has 0 saturated heterocycles. The lowest BCUT2D eigenvalue weighted by molar-refractivity contribution is -0.120. The third-order valence-corrected chi connectivity index (χ3v) is 4.72. The topological polar surface area (TPSA) is 32.3 Å². The lowest BCUT2D eigenvalue weighted by Gasteiger charge is -2.19. The van der Waals surface area contributed by atoms with Crippen molar-refractivity contribution in [3.8, 4) is 0 Å². The molecule has 2 aromatic rings. The number of amides is 1. The van der Waals surface area contributed by atoms with Crippen molar-refractivity contribution in [2.75, 3.05) is 24.5 Å². The van der Waals surface area contributed by atoms with Gasteiger partial charge in [0.05, 0.1) is 6.42 Å². The summed E-state index contributed by atoms with van der Waals surface area (Å²) in [7, 11) is 0. The van der Waals surface area contributed by atoms with Gasteiger partial charge >= 0.3 is 0 Å². The molecule has 1 aliphatic rings. The zero-order valence-electron chi connectivity index (χ0n) is 13.1. The van der Waals surface area contributed by atoms with Crippen molar-refractivity contribution in [1.29, 1.82) is 0 Å². The van der Waals surface area contributed by atoms with Gasteiger partial charge in [0.25, 0.3) is 0 Å². The van der Waals surface area contributed by atoms with Crippen LogP contribution in [0.4, 0.5) is 5.69 Å². The molecule has 0 fully saturated rings. The zero-order valence-corrected chi connectivity index (χ0v) is 14.7. The molecule has 0 aliphatic carbocycles. The van der Waals surface area contributed by atoms with E-state index in [1.807, 2.05) is 24.3 Å². The Kier molecular flexibility index (Phi) is 5.34. The van der Waals surface area contributed by atoms with Crippen LogP contribution >= 0.6 is 15.9 Å². The van der Waals surface area contributed by atoms with Gasteiger partial charge < -0.3 is 10.2 Å². The van der Waals surface area contributed by atoms with Gasteiger partial charge in [-0.3, -0.25) is 4.79 Å². The first kappa shape index (κ1) is 16.1. The van der Waals surface area contributed by atoms with E-state index >= 15 is 0 Å². The van der Waals surface area contributed by atoms with Gasteiger partial charge in [-0.05, 0) is 42.2 Å². The lowest BCUT2D eigenvalue weighted by Crippen LogP contribution is -2.30. The quantitative estimate of drug-likeness (QED) is 0.786. The van der Waals surface area contributed by atoms with Crippen molar-refractivity contribution in [2.45, 2.75) is 19.3 Å². The monoisotopic (exact) mass is 372 g/mol. The molecule has 120 valence electrons. The Morgan fingerprint density at radius 2 is 1.91 bits per heavy atom. The van der Waals surface area contributed by atoms with Crippen LogP contribution in [0.3, 0.4) is 0 Å². The first-order valence-corrected chi connectivity index (χ1v) is 8.86. The molecule has 23 heavy (non-hydrogen) atoms. The highest BCUT2D eigenvalue weighted by Crippen LogP contribution is 2.27. The smallest absolute Gasteiger partial charge is 0.224 e. The van der Waals surface area contributed by atoms with Crippen LogP contribution in [0.15, 0.2) is 53.0 Å². The SMILES string of the molecule is O=C(Cc1ccc(Br)cc1)NCCCN1CCc2ccccc21. The van der Waals surface area contributed by atoms with Gasteiger partial charge in [-0.25, -0.2) is 0 Å². The molecule has 0 radical (unpaired) electrons. The molecule has 4 heteroatoms. The Balaban J connectivity index is 1.39. The summed E-state index contributed by atoms with van der Waals surface area (Å²) in [5, 5.41) is 3.02. The summed E-state index contributed by atoms with van der Waals surface area (Å²) in [5.74, 6) is 0.0918. The Morgan fingerprint density at radius 3 is 2.74 bits per heavy atom. The minimum atomic E-state index is 0.0918. The molecule has 0 atom stereocenters. The number of halogens is 1. The van der Waals surface area contributed by atoms with Crippen molar-refractivity contribution in [3.63, 3.8) is 0 Å². The van der Waals surface area contributed by atoms with E-state index in [9.17, 15) is 4.79 Å². The number of carbonyl (C=O) groups excluding carboxylic acids is 1. The van der Waals surface area contributed by atoms with E-state index in [0.29, 0.717) is 6.42 Å². The third kappa shape index (κ3) is 4.35.